The molecule has 236 valence electrons. The second-order valence-corrected chi connectivity index (χ2v) is 13.5. The highest BCUT2D eigenvalue weighted by atomic mass is 19.1. The van der Waals surface area contributed by atoms with Gasteiger partial charge < -0.3 is 29.7 Å². The van der Waals surface area contributed by atoms with E-state index in [1.165, 1.54) is 0 Å². The highest BCUT2D eigenvalue weighted by Gasteiger charge is 2.44. The molecular weight excluding hydrogens is 575 g/mol. The lowest BCUT2D eigenvalue weighted by Crippen LogP contribution is -2.57. The van der Waals surface area contributed by atoms with Crippen LogP contribution in [0.2, 0.25) is 0 Å². The molecule has 4 aliphatic rings. The van der Waals surface area contributed by atoms with Gasteiger partial charge in [0.1, 0.15) is 22.8 Å². The molecule has 2 N–H and O–H groups in total. The second kappa shape index (κ2) is 11.3. The summed E-state index contributed by atoms with van der Waals surface area (Å²) in [6, 6.07) is 9.08. The number of aromatic nitrogens is 3. The van der Waals surface area contributed by atoms with E-state index in [0.717, 1.165) is 48.6 Å². The fraction of sp³-hybridized carbons (Fsp3) is 0.471. The highest BCUT2D eigenvalue weighted by Crippen LogP contribution is 2.46. The van der Waals surface area contributed by atoms with Gasteiger partial charge in [-0.05, 0) is 88.0 Å². The van der Waals surface area contributed by atoms with Gasteiger partial charge in [0.15, 0.2) is 5.82 Å². The van der Waals surface area contributed by atoms with Gasteiger partial charge in [-0.15, -0.1) is 0 Å². The molecule has 0 spiro atoms. The number of hydrogen-bond acceptors (Lipinski definition) is 9. The number of aryl methyl sites for hydroxylation is 1. The molecular formula is C34H39FN6O4. The number of fused-ring (bicyclic) bond motifs is 6. The zero-order valence-corrected chi connectivity index (χ0v) is 26.0. The first kappa shape index (κ1) is 29.5. The SMILES string of the molecule is CN(C)CC1(COc2nc3c4cnc(c(F)c4n2)-c2cc(O)cc4cccc(c24)CCCOC(=O)N[C@]2(C)CCCN3C2)CC1. The van der Waals surface area contributed by atoms with Gasteiger partial charge in [-0.25, -0.2) is 9.18 Å². The Kier molecular flexibility index (Phi) is 7.38. The van der Waals surface area contributed by atoms with Gasteiger partial charge in [-0.2, -0.15) is 9.97 Å². The van der Waals surface area contributed by atoms with Crippen LogP contribution >= 0.6 is 0 Å². The van der Waals surface area contributed by atoms with Crippen LogP contribution in [0, 0.1) is 11.2 Å². The van der Waals surface area contributed by atoms with Crippen molar-refractivity contribution in [1.29, 1.82) is 0 Å². The van der Waals surface area contributed by atoms with Gasteiger partial charge in [0, 0.05) is 36.8 Å². The van der Waals surface area contributed by atoms with Crippen LogP contribution in [0.1, 0.15) is 44.6 Å². The van der Waals surface area contributed by atoms with E-state index in [4.69, 9.17) is 14.5 Å². The molecule has 6 bridgehead atoms. The Balaban J connectivity index is 1.41. The number of phenolic OH excluding ortho intramolecular Hbond substituents is 1. The predicted octanol–water partition coefficient (Wildman–Crippen LogP) is 5.44. The first-order chi connectivity index (χ1) is 21.6. The molecule has 4 aromatic rings. The normalized spacial score (nSPS) is 21.2. The van der Waals surface area contributed by atoms with Crippen molar-refractivity contribution in [2.45, 2.75) is 51.0 Å². The van der Waals surface area contributed by atoms with Crippen LogP contribution in [0.5, 0.6) is 11.8 Å². The maximum atomic E-state index is 16.9. The molecule has 1 saturated heterocycles. The lowest BCUT2D eigenvalue weighted by atomic mass is 9.91. The van der Waals surface area contributed by atoms with Crippen LogP contribution in [-0.4, -0.2) is 83.5 Å². The fourth-order valence-electron chi connectivity index (χ4n) is 7.05. The minimum absolute atomic E-state index is 0.0115. The maximum Gasteiger partial charge on any atom is 0.407 e. The summed E-state index contributed by atoms with van der Waals surface area (Å²) in [5.74, 6) is -0.0763. The van der Waals surface area contributed by atoms with Crippen molar-refractivity contribution in [2.75, 3.05) is 51.8 Å². The van der Waals surface area contributed by atoms with E-state index >= 15 is 4.39 Å². The van der Waals surface area contributed by atoms with Crippen molar-refractivity contribution in [1.82, 2.24) is 25.2 Å². The second-order valence-electron chi connectivity index (χ2n) is 13.5. The monoisotopic (exact) mass is 614 g/mol. The molecule has 1 aliphatic carbocycles. The van der Waals surface area contributed by atoms with E-state index in [-0.39, 0.29) is 35.0 Å². The highest BCUT2D eigenvalue weighted by molar-refractivity contribution is 6.01. The van der Waals surface area contributed by atoms with E-state index in [1.54, 1.807) is 18.3 Å². The van der Waals surface area contributed by atoms with E-state index < -0.39 is 17.4 Å². The van der Waals surface area contributed by atoms with Crippen LogP contribution in [0.25, 0.3) is 32.9 Å². The number of halogens is 1. The summed E-state index contributed by atoms with van der Waals surface area (Å²) >= 11 is 0. The molecule has 3 aliphatic heterocycles. The molecule has 1 amide bonds. The summed E-state index contributed by atoms with van der Waals surface area (Å²) in [6.45, 7) is 4.65. The van der Waals surface area contributed by atoms with Gasteiger partial charge in [0.05, 0.1) is 24.1 Å². The first-order valence-electron chi connectivity index (χ1n) is 15.7. The molecule has 45 heavy (non-hydrogen) atoms. The minimum atomic E-state index is -0.599. The topological polar surface area (TPSA) is 113 Å². The number of amides is 1. The smallest absolute Gasteiger partial charge is 0.407 e. The van der Waals surface area contributed by atoms with Crippen LogP contribution in [-0.2, 0) is 11.2 Å². The van der Waals surface area contributed by atoms with E-state index in [1.807, 2.05) is 44.1 Å². The number of benzene rings is 2. The Bertz CT molecular complexity index is 1790. The molecule has 0 radical (unpaired) electrons. The quantitative estimate of drug-likeness (QED) is 0.303. The summed E-state index contributed by atoms with van der Waals surface area (Å²) in [7, 11) is 4.09. The Morgan fingerprint density at radius 2 is 2.02 bits per heavy atom. The molecule has 5 heterocycles. The van der Waals surface area contributed by atoms with Crippen LogP contribution in [0.15, 0.2) is 36.5 Å². The number of pyridine rings is 1. The minimum Gasteiger partial charge on any atom is -0.508 e. The third-order valence-corrected chi connectivity index (χ3v) is 9.29. The van der Waals surface area contributed by atoms with Crippen molar-refractivity contribution in [2.24, 2.45) is 5.41 Å². The van der Waals surface area contributed by atoms with Crippen LogP contribution in [0.4, 0.5) is 15.0 Å². The molecule has 2 aromatic heterocycles. The van der Waals surface area contributed by atoms with Gasteiger partial charge in [-0.1, -0.05) is 18.2 Å². The van der Waals surface area contributed by atoms with Crippen LogP contribution < -0.4 is 15.0 Å². The molecule has 8 rings (SSSR count). The number of anilines is 1. The fourth-order valence-corrected chi connectivity index (χ4v) is 7.05. The number of nitrogens with one attached hydrogen (secondary N) is 1. The number of hydrogen-bond donors (Lipinski definition) is 2. The Labute approximate surface area is 261 Å². The molecule has 1 atom stereocenters. The van der Waals surface area contributed by atoms with Gasteiger partial charge in [0.25, 0.3) is 0 Å². The molecule has 2 aromatic carbocycles. The zero-order chi connectivity index (χ0) is 31.3. The standard InChI is InChI=1S/C34H39FN6O4/c1-33-10-6-13-41(18-33)30-25-17-36-28(27(35)29(25)37-31(38-30)45-20-34(11-12-34)19-40(2)3)24-16-23(42)15-22-8-4-7-21(26(22)24)9-5-14-44-32(43)39-33/h4,7-8,15-17,42H,5-6,9-14,18-20H2,1-3H3,(H,39,43)/t33-/m1/s1. The number of carbonyl (C=O) groups is 1. The zero-order valence-electron chi connectivity index (χ0n) is 26.0. The number of piperidine rings is 1. The third-order valence-electron chi connectivity index (χ3n) is 9.29. The lowest BCUT2D eigenvalue weighted by Gasteiger charge is -2.41. The Morgan fingerprint density at radius 1 is 1.18 bits per heavy atom. The number of alkyl carbamates (subject to hydrolysis) is 1. The average molecular weight is 615 g/mol. The Hall–Kier alpha value is -4.25. The number of aromatic hydroxyl groups is 1. The largest absolute Gasteiger partial charge is 0.508 e. The van der Waals surface area contributed by atoms with Crippen molar-refractivity contribution in [3.05, 3.63) is 47.9 Å². The number of ether oxygens (including phenoxy) is 2. The van der Waals surface area contributed by atoms with E-state index in [9.17, 15) is 9.90 Å². The molecule has 11 heteroatoms. The number of nitrogens with zero attached hydrogens (tertiary/aromatic N) is 5. The van der Waals surface area contributed by atoms with Gasteiger partial charge in [-0.3, -0.25) is 4.98 Å². The number of rotatable bonds is 5. The van der Waals surface area contributed by atoms with Gasteiger partial charge >= 0.3 is 12.1 Å². The van der Waals surface area contributed by atoms with E-state index in [0.29, 0.717) is 49.3 Å². The van der Waals surface area contributed by atoms with Crippen LogP contribution in [0.3, 0.4) is 0 Å². The predicted molar refractivity (Wildman–Crippen MR) is 170 cm³/mol. The lowest BCUT2D eigenvalue weighted by molar-refractivity contribution is 0.130. The van der Waals surface area contributed by atoms with Crippen molar-refractivity contribution in [3.63, 3.8) is 0 Å². The first-order valence-corrected chi connectivity index (χ1v) is 15.7. The molecule has 1 saturated carbocycles. The summed E-state index contributed by atoms with van der Waals surface area (Å²) in [6.07, 6.45) is 5.96. The van der Waals surface area contributed by atoms with Crippen molar-refractivity contribution in [3.8, 4) is 23.0 Å². The van der Waals surface area contributed by atoms with Crippen molar-refractivity contribution >= 4 is 33.6 Å². The summed E-state index contributed by atoms with van der Waals surface area (Å²) in [5, 5.41) is 15.8. The summed E-state index contributed by atoms with van der Waals surface area (Å²) in [4.78, 5) is 31.2. The summed E-state index contributed by atoms with van der Waals surface area (Å²) in [5.41, 5.74) is 1.06. The average Bonchev–Trinajstić information content (AvgIpc) is 3.76. The molecule has 10 nitrogen and oxygen atoms in total. The van der Waals surface area contributed by atoms with E-state index in [2.05, 4.69) is 20.2 Å². The number of phenols is 1. The van der Waals surface area contributed by atoms with Crippen molar-refractivity contribution < 1.29 is 23.8 Å². The molecule has 2 fully saturated rings. The van der Waals surface area contributed by atoms with Gasteiger partial charge in [0.2, 0.25) is 0 Å². The molecule has 0 unspecified atom stereocenters. The number of carbonyl (C=O) groups excluding carboxylic acids is 1. The third kappa shape index (κ3) is 5.81. The Morgan fingerprint density at radius 3 is 2.82 bits per heavy atom. The summed E-state index contributed by atoms with van der Waals surface area (Å²) < 4.78 is 28.7. The maximum absolute atomic E-state index is 16.9.